The molecule has 0 bridgehead atoms. The van der Waals surface area contributed by atoms with E-state index in [1.807, 2.05) is 24.3 Å². The number of benzene rings is 2. The summed E-state index contributed by atoms with van der Waals surface area (Å²) in [6.07, 6.45) is 0. The van der Waals surface area contributed by atoms with Crippen LogP contribution in [0.25, 0.3) is 27.5 Å². The molecule has 2 aromatic carbocycles. The summed E-state index contributed by atoms with van der Waals surface area (Å²) in [7, 11) is 1.61. The van der Waals surface area contributed by atoms with Crippen molar-refractivity contribution in [3.8, 4) is 5.75 Å². The average Bonchev–Trinajstić information content (AvgIpc) is 2.38. The van der Waals surface area contributed by atoms with Crippen molar-refractivity contribution in [2.75, 3.05) is 7.11 Å². The van der Waals surface area contributed by atoms with Gasteiger partial charge in [0.1, 0.15) is 5.75 Å². The van der Waals surface area contributed by atoms with Gasteiger partial charge in [0.25, 0.3) is 0 Å². The van der Waals surface area contributed by atoms with Crippen molar-refractivity contribution < 1.29 is 56.1 Å². The van der Waals surface area contributed by atoms with Crippen molar-refractivity contribution in [2.24, 2.45) is 0 Å². The van der Waals surface area contributed by atoms with Crippen LogP contribution in [0.3, 0.4) is 0 Å². The first kappa shape index (κ1) is 15.0. The Hall–Kier alpha value is -0.364. The van der Waals surface area contributed by atoms with Gasteiger partial charge >= 0.3 is 51.4 Å². The molecule has 0 amide bonds. The summed E-state index contributed by atoms with van der Waals surface area (Å²) in [5.74, 6) is 0.728. The second-order valence-electron chi connectivity index (χ2n) is 4.03. The Kier molecular flexibility index (Phi) is 4.71. The number of nitrogens with zero attached hydrogens (tertiary/aromatic N) is 1. The first-order valence-corrected chi connectivity index (χ1v) is 5.85. The van der Waals surface area contributed by atoms with Gasteiger partial charge in [0.05, 0.1) is 18.1 Å². The summed E-state index contributed by atoms with van der Waals surface area (Å²) < 4.78 is 5.18. The third-order valence-electron chi connectivity index (χ3n) is 2.94. The van der Waals surface area contributed by atoms with Gasteiger partial charge in [0.15, 0.2) is 0 Å². The maximum absolute atomic E-state index is 8.24. The number of methoxy groups -OCH3 is 1. The van der Waals surface area contributed by atoms with Crippen LogP contribution in [0.15, 0.2) is 36.4 Å². The molecule has 1 N–H and O–H groups in total. The predicted molar refractivity (Wildman–Crippen MR) is 74.8 cm³/mol. The molecule has 1 heterocycles. The Bertz CT molecular complexity index is 761. The Labute approximate surface area is 158 Å². The van der Waals surface area contributed by atoms with Crippen LogP contribution in [0.5, 0.6) is 5.75 Å². The van der Waals surface area contributed by atoms with E-state index in [1.165, 1.54) is 0 Å². The quantitative estimate of drug-likeness (QED) is 0.507. The predicted octanol–water partition coefficient (Wildman–Crippen LogP) is 1.74. The number of hydrogen-bond donors (Lipinski definition) is 0. The molecule has 3 rings (SSSR count). The molecule has 0 aliphatic heterocycles. The van der Waals surface area contributed by atoms with E-state index >= 15 is 0 Å². The molecule has 0 spiro atoms. The SMILES string of the molecule is COc1ccc2nc3cc(Cl)ccc3c([NH-])c2c1.[K+]. The number of halogens is 1. The summed E-state index contributed by atoms with van der Waals surface area (Å²) in [6, 6.07) is 10.9. The molecule has 0 aliphatic carbocycles. The van der Waals surface area contributed by atoms with E-state index in [-0.39, 0.29) is 51.4 Å². The van der Waals surface area contributed by atoms with Gasteiger partial charge in [-0.2, -0.15) is 0 Å². The van der Waals surface area contributed by atoms with Gasteiger partial charge in [0.2, 0.25) is 0 Å². The Morgan fingerprint density at radius 3 is 2.58 bits per heavy atom. The Balaban J connectivity index is 0.00000133. The molecule has 3 aromatic rings. The molecule has 3 nitrogen and oxygen atoms in total. The van der Waals surface area contributed by atoms with Crippen molar-refractivity contribution >= 4 is 39.1 Å². The maximum Gasteiger partial charge on any atom is 1.00 e. The van der Waals surface area contributed by atoms with Gasteiger partial charge in [-0.1, -0.05) is 17.7 Å². The zero-order chi connectivity index (χ0) is 12.7. The fourth-order valence-corrected chi connectivity index (χ4v) is 2.19. The molecule has 0 unspecified atom stereocenters. The van der Waals surface area contributed by atoms with Gasteiger partial charge in [-0.25, -0.2) is 4.98 Å². The second-order valence-corrected chi connectivity index (χ2v) is 4.47. The van der Waals surface area contributed by atoms with E-state index in [0.717, 1.165) is 27.6 Å². The van der Waals surface area contributed by atoms with E-state index in [2.05, 4.69) is 4.98 Å². The van der Waals surface area contributed by atoms with E-state index in [9.17, 15) is 0 Å². The Morgan fingerprint density at radius 1 is 1.05 bits per heavy atom. The zero-order valence-corrected chi connectivity index (χ0v) is 14.6. The fraction of sp³-hybridized carbons (Fsp3) is 0.0714. The summed E-state index contributed by atoms with van der Waals surface area (Å²) in [4.78, 5) is 4.51. The minimum atomic E-state index is 0. The fourth-order valence-electron chi connectivity index (χ4n) is 2.02. The monoisotopic (exact) mass is 296 g/mol. The van der Waals surface area contributed by atoms with Gasteiger partial charge < -0.3 is 10.5 Å². The third-order valence-corrected chi connectivity index (χ3v) is 3.18. The molecule has 0 radical (unpaired) electrons. The number of ether oxygens (including phenoxy) is 1. The number of aromatic nitrogens is 1. The molecule has 0 atom stereocenters. The van der Waals surface area contributed by atoms with Crippen molar-refractivity contribution in [3.05, 3.63) is 47.2 Å². The summed E-state index contributed by atoms with van der Waals surface area (Å²) in [6.45, 7) is 0. The zero-order valence-electron chi connectivity index (χ0n) is 10.7. The number of rotatable bonds is 1. The molecule has 0 saturated carbocycles. The molecule has 19 heavy (non-hydrogen) atoms. The number of nitrogens with one attached hydrogen (secondary N) is 1. The van der Waals surface area contributed by atoms with Gasteiger partial charge in [-0.05, 0) is 41.1 Å². The minimum Gasteiger partial charge on any atom is -0.698 e. The van der Waals surface area contributed by atoms with Crippen LogP contribution in [0.2, 0.25) is 5.02 Å². The van der Waals surface area contributed by atoms with Crippen LogP contribution >= 0.6 is 11.6 Å². The third kappa shape index (κ3) is 2.74. The maximum atomic E-state index is 8.24. The van der Waals surface area contributed by atoms with Crippen LogP contribution in [-0.4, -0.2) is 12.1 Å². The second kappa shape index (κ2) is 5.95. The first-order chi connectivity index (χ1) is 8.69. The molecular weight excluding hydrogens is 287 g/mol. The number of fused-ring (bicyclic) bond motifs is 2. The van der Waals surface area contributed by atoms with Crippen molar-refractivity contribution in [1.29, 1.82) is 0 Å². The molecule has 5 heteroatoms. The molecule has 0 fully saturated rings. The van der Waals surface area contributed by atoms with Crippen molar-refractivity contribution in [2.45, 2.75) is 0 Å². The van der Waals surface area contributed by atoms with Crippen molar-refractivity contribution in [1.82, 2.24) is 4.98 Å². The number of pyridine rings is 1. The molecule has 1 aromatic heterocycles. The van der Waals surface area contributed by atoms with E-state index in [0.29, 0.717) is 10.7 Å². The van der Waals surface area contributed by atoms with Gasteiger partial charge in [0, 0.05) is 5.02 Å². The van der Waals surface area contributed by atoms with Crippen LogP contribution in [0.1, 0.15) is 0 Å². The molecule has 0 saturated heterocycles. The van der Waals surface area contributed by atoms with E-state index < -0.39 is 0 Å². The van der Waals surface area contributed by atoms with Crippen LogP contribution in [-0.2, 0) is 0 Å². The van der Waals surface area contributed by atoms with Crippen LogP contribution < -0.4 is 56.1 Å². The molecular formula is C14H10ClKN2O. The molecule has 90 valence electrons. The van der Waals surface area contributed by atoms with Gasteiger partial charge in [-0.15, -0.1) is 5.69 Å². The summed E-state index contributed by atoms with van der Waals surface area (Å²) >= 11 is 5.95. The standard InChI is InChI=1S/C14H10ClN2O.K/c1-18-9-3-5-12-11(7-9)14(16)10-4-2-8(15)6-13(10)17-12;/h2-7H,1H3,(H-,16,17);/q-1;+1. The van der Waals surface area contributed by atoms with Crippen molar-refractivity contribution in [3.63, 3.8) is 0 Å². The topological polar surface area (TPSA) is 45.9 Å². The normalized spacial score (nSPS) is 10.4. The first-order valence-electron chi connectivity index (χ1n) is 5.47. The summed E-state index contributed by atoms with van der Waals surface area (Å²) in [5.41, 5.74) is 10.2. The summed E-state index contributed by atoms with van der Waals surface area (Å²) in [5, 5.41) is 2.20. The number of hydrogen-bond acceptors (Lipinski definition) is 2. The van der Waals surface area contributed by atoms with Crippen LogP contribution in [0.4, 0.5) is 5.69 Å². The largest absolute Gasteiger partial charge is 1.00 e. The van der Waals surface area contributed by atoms with Gasteiger partial charge in [-0.3, -0.25) is 0 Å². The average molecular weight is 297 g/mol. The smallest absolute Gasteiger partial charge is 0.698 e. The molecule has 0 aliphatic rings. The van der Waals surface area contributed by atoms with E-state index in [1.54, 1.807) is 19.2 Å². The Morgan fingerprint density at radius 2 is 1.84 bits per heavy atom. The van der Waals surface area contributed by atoms with Crippen LogP contribution in [0, 0.1) is 0 Å². The van der Waals surface area contributed by atoms with E-state index in [4.69, 9.17) is 22.1 Å². The minimum absolute atomic E-state index is 0.